The van der Waals surface area contributed by atoms with Crippen LogP contribution in [-0.4, -0.2) is 42.9 Å². The number of halogens is 2. The molecule has 0 radical (unpaired) electrons. The summed E-state index contributed by atoms with van der Waals surface area (Å²) in [6.45, 7) is 1.47. The molecule has 1 unspecified atom stereocenters. The van der Waals surface area contributed by atoms with E-state index in [-0.39, 0.29) is 33.0 Å². The average Bonchev–Trinajstić information content (AvgIpc) is 3.22. The molecule has 11 heteroatoms. The van der Waals surface area contributed by atoms with Crippen molar-refractivity contribution in [3.63, 3.8) is 0 Å². The predicted octanol–water partition coefficient (Wildman–Crippen LogP) is 3.00. The molecular formula is C20H23Cl2N5O3S. The number of rotatable bonds is 7. The van der Waals surface area contributed by atoms with Gasteiger partial charge in [0.05, 0.1) is 20.6 Å². The van der Waals surface area contributed by atoms with Gasteiger partial charge >= 0.3 is 0 Å². The number of carbonyl (C=O) groups excluding carboxylic acids is 1. The molecule has 31 heavy (non-hydrogen) atoms. The van der Waals surface area contributed by atoms with Gasteiger partial charge in [-0.05, 0) is 49.9 Å². The summed E-state index contributed by atoms with van der Waals surface area (Å²) in [6, 6.07) is 6.85. The highest BCUT2D eigenvalue weighted by Gasteiger charge is 2.30. The second-order valence-corrected chi connectivity index (χ2v) is 9.88. The fourth-order valence-corrected chi connectivity index (χ4v) is 5.41. The van der Waals surface area contributed by atoms with Crippen LogP contribution in [0.3, 0.4) is 0 Å². The molecule has 1 aromatic heterocycles. The van der Waals surface area contributed by atoms with Crippen molar-refractivity contribution in [2.24, 2.45) is 0 Å². The average molecular weight is 484 g/mol. The maximum atomic E-state index is 13.2. The van der Waals surface area contributed by atoms with Gasteiger partial charge in [0, 0.05) is 25.8 Å². The number of nitrogens with two attached hydrogens (primary N) is 1. The number of aromatic nitrogens is 1. The first-order valence-electron chi connectivity index (χ1n) is 9.84. The number of amides is 1. The van der Waals surface area contributed by atoms with Gasteiger partial charge in [-0.15, -0.1) is 0 Å². The van der Waals surface area contributed by atoms with Gasteiger partial charge in [0.25, 0.3) is 0 Å². The highest BCUT2D eigenvalue weighted by atomic mass is 35.5. The predicted molar refractivity (Wildman–Crippen MR) is 119 cm³/mol. The van der Waals surface area contributed by atoms with E-state index in [0.29, 0.717) is 25.3 Å². The van der Waals surface area contributed by atoms with Crippen molar-refractivity contribution >= 4 is 44.8 Å². The Kier molecular flexibility index (Phi) is 7.49. The molecule has 2 aromatic rings. The van der Waals surface area contributed by atoms with Gasteiger partial charge in [0.15, 0.2) is 0 Å². The summed E-state index contributed by atoms with van der Waals surface area (Å²) in [5, 5.41) is 9.23. The van der Waals surface area contributed by atoms with Crippen LogP contribution < -0.4 is 10.5 Å². The van der Waals surface area contributed by atoms with Gasteiger partial charge in [-0.1, -0.05) is 23.2 Å². The van der Waals surface area contributed by atoms with Crippen molar-refractivity contribution in [1.82, 2.24) is 14.2 Å². The van der Waals surface area contributed by atoms with E-state index in [4.69, 9.17) is 28.9 Å². The van der Waals surface area contributed by atoms with Gasteiger partial charge in [0.2, 0.25) is 15.9 Å². The summed E-state index contributed by atoms with van der Waals surface area (Å²) in [4.78, 5) is 14.7. The van der Waals surface area contributed by atoms with Crippen LogP contribution in [0.1, 0.15) is 31.4 Å². The molecular weight excluding hydrogens is 461 g/mol. The van der Waals surface area contributed by atoms with Crippen LogP contribution in [0.5, 0.6) is 0 Å². The van der Waals surface area contributed by atoms with Gasteiger partial charge < -0.3 is 15.2 Å². The summed E-state index contributed by atoms with van der Waals surface area (Å²) in [7, 11) is -4.11. The second-order valence-electron chi connectivity index (χ2n) is 7.35. The molecule has 0 bridgehead atoms. The lowest BCUT2D eigenvalue weighted by atomic mass is 10.1. The van der Waals surface area contributed by atoms with E-state index in [1.54, 1.807) is 27.8 Å². The molecule has 3 rings (SSSR count). The summed E-state index contributed by atoms with van der Waals surface area (Å²) < 4.78 is 30.3. The molecule has 1 atom stereocenters. The monoisotopic (exact) mass is 483 g/mol. The van der Waals surface area contributed by atoms with Crippen LogP contribution in [0.25, 0.3) is 0 Å². The zero-order valence-corrected chi connectivity index (χ0v) is 19.1. The summed E-state index contributed by atoms with van der Waals surface area (Å²) in [6.07, 6.45) is 4.69. The number of likely N-dealkylation sites (tertiary alicyclic amines) is 1. The molecule has 1 amide bonds. The third-order valence-corrected chi connectivity index (χ3v) is 7.31. The lowest BCUT2D eigenvalue weighted by Crippen LogP contribution is -2.50. The molecule has 1 aromatic carbocycles. The molecule has 1 saturated heterocycles. The molecule has 3 N–H and O–H groups in total. The number of anilines is 1. The Hall–Kier alpha value is -2.25. The number of sulfonamides is 1. The van der Waals surface area contributed by atoms with E-state index in [0.717, 1.165) is 19.3 Å². The normalized spacial score (nSPS) is 15.5. The number of benzene rings is 1. The van der Waals surface area contributed by atoms with Crippen molar-refractivity contribution < 1.29 is 13.2 Å². The Balaban J connectivity index is 1.86. The lowest BCUT2D eigenvalue weighted by molar-refractivity contribution is -0.134. The van der Waals surface area contributed by atoms with E-state index in [9.17, 15) is 18.5 Å². The Labute approximate surface area is 191 Å². The molecule has 0 aliphatic carbocycles. The summed E-state index contributed by atoms with van der Waals surface area (Å²) >= 11 is 12.0. The third kappa shape index (κ3) is 5.52. The van der Waals surface area contributed by atoms with Crippen LogP contribution in [0.2, 0.25) is 10.0 Å². The van der Waals surface area contributed by atoms with Crippen LogP contribution in [0, 0.1) is 11.3 Å². The molecule has 0 spiro atoms. The smallest absolute Gasteiger partial charge is 0.241 e. The minimum absolute atomic E-state index is 0.0118. The van der Waals surface area contributed by atoms with E-state index in [1.165, 1.54) is 12.1 Å². The maximum Gasteiger partial charge on any atom is 0.241 e. The van der Waals surface area contributed by atoms with Crippen LogP contribution in [0.15, 0.2) is 35.4 Å². The lowest BCUT2D eigenvalue weighted by Gasteiger charge is -2.31. The number of hydrogen-bond acceptors (Lipinski definition) is 5. The van der Waals surface area contributed by atoms with Crippen molar-refractivity contribution in [3.05, 3.63) is 46.2 Å². The minimum atomic E-state index is -4.11. The summed E-state index contributed by atoms with van der Waals surface area (Å²) in [5.74, 6) is -0.290. The van der Waals surface area contributed by atoms with E-state index >= 15 is 0 Å². The number of carbonyl (C=O) groups is 1. The van der Waals surface area contributed by atoms with E-state index in [2.05, 4.69) is 10.8 Å². The number of nitriles is 1. The highest BCUT2D eigenvalue weighted by Crippen LogP contribution is 2.31. The number of nitrogen functional groups attached to an aromatic ring is 1. The maximum absolute atomic E-state index is 13.2. The Bertz CT molecular complexity index is 1080. The first-order valence-corrected chi connectivity index (χ1v) is 12.1. The highest BCUT2D eigenvalue weighted by molar-refractivity contribution is 7.89. The SMILES string of the molecule is N#Cc1cccn1CCC(NS(=O)(=O)c1cc(Cl)c(N)c(Cl)c1)C(=O)N1CCCCC1. The first kappa shape index (κ1) is 23.4. The first-order chi connectivity index (χ1) is 14.7. The number of piperidine rings is 1. The topological polar surface area (TPSA) is 121 Å². The van der Waals surface area contributed by atoms with Gasteiger partial charge in [-0.2, -0.15) is 9.98 Å². The number of hydrogen-bond donors (Lipinski definition) is 2. The molecule has 1 aliphatic heterocycles. The zero-order valence-electron chi connectivity index (χ0n) is 16.7. The zero-order chi connectivity index (χ0) is 22.6. The van der Waals surface area contributed by atoms with Crippen LogP contribution in [-0.2, 0) is 21.4 Å². The standard InChI is InChI=1S/C20H23Cl2N5O3S/c21-16-11-15(12-17(22)19(16)24)31(29,30)25-18(20(28)27-7-2-1-3-8-27)6-10-26-9-4-5-14(26)13-23/h4-5,9,11-12,18,25H,1-3,6-8,10,24H2. The number of nitrogens with zero attached hydrogens (tertiary/aromatic N) is 3. The van der Waals surface area contributed by atoms with Crippen LogP contribution >= 0.6 is 23.2 Å². The van der Waals surface area contributed by atoms with Gasteiger partial charge in [-0.25, -0.2) is 8.42 Å². The van der Waals surface area contributed by atoms with Crippen molar-refractivity contribution in [1.29, 1.82) is 5.26 Å². The molecule has 8 nitrogen and oxygen atoms in total. The third-order valence-electron chi connectivity index (χ3n) is 5.23. The van der Waals surface area contributed by atoms with Crippen molar-refractivity contribution in [2.45, 2.75) is 43.2 Å². The Morgan fingerprint density at radius 3 is 2.48 bits per heavy atom. The minimum Gasteiger partial charge on any atom is -0.396 e. The van der Waals surface area contributed by atoms with Crippen molar-refractivity contribution in [2.75, 3.05) is 18.8 Å². The quantitative estimate of drug-likeness (QED) is 0.586. The Morgan fingerprint density at radius 1 is 1.23 bits per heavy atom. The molecule has 1 aliphatic rings. The van der Waals surface area contributed by atoms with Crippen LogP contribution in [0.4, 0.5) is 5.69 Å². The molecule has 0 saturated carbocycles. The number of nitrogens with one attached hydrogen (secondary N) is 1. The summed E-state index contributed by atoms with van der Waals surface area (Å²) in [5.41, 5.74) is 6.22. The fourth-order valence-electron chi connectivity index (χ4n) is 3.52. The van der Waals surface area contributed by atoms with E-state index in [1.807, 2.05) is 0 Å². The Morgan fingerprint density at radius 2 is 1.87 bits per heavy atom. The number of aryl methyl sites for hydroxylation is 1. The van der Waals surface area contributed by atoms with Gasteiger partial charge in [-0.3, -0.25) is 4.79 Å². The molecule has 2 heterocycles. The molecule has 1 fully saturated rings. The van der Waals surface area contributed by atoms with Crippen molar-refractivity contribution in [3.8, 4) is 6.07 Å². The van der Waals surface area contributed by atoms with Gasteiger partial charge in [0.1, 0.15) is 17.8 Å². The fraction of sp³-hybridized carbons (Fsp3) is 0.400. The largest absolute Gasteiger partial charge is 0.396 e. The second kappa shape index (κ2) is 9.92. The van der Waals surface area contributed by atoms with E-state index < -0.39 is 16.1 Å². The molecule has 166 valence electrons.